The Labute approximate surface area is 135 Å². The normalized spacial score (nSPS) is 17.2. The molecule has 2 heterocycles. The average molecular weight is 307 g/mol. The van der Waals surface area contributed by atoms with E-state index in [1.54, 1.807) is 4.52 Å². The second-order valence-electron chi connectivity index (χ2n) is 6.80. The van der Waals surface area contributed by atoms with Gasteiger partial charge in [0.05, 0.1) is 0 Å². The topological polar surface area (TPSA) is 55.1 Å². The number of fused-ring (bicyclic) bond motifs is 1. The number of aromatic nitrogens is 4. The van der Waals surface area contributed by atoms with Gasteiger partial charge in [0, 0.05) is 17.8 Å². The number of hydrogen-bond donors (Lipinski definition) is 1. The molecule has 3 aromatic rings. The van der Waals surface area contributed by atoms with Crippen LogP contribution in [0.15, 0.2) is 36.7 Å². The van der Waals surface area contributed by atoms with Crippen molar-refractivity contribution in [1.82, 2.24) is 19.6 Å². The lowest BCUT2D eigenvalue weighted by molar-refractivity contribution is 0.782. The molecule has 0 saturated heterocycles. The summed E-state index contributed by atoms with van der Waals surface area (Å²) in [6.07, 6.45) is 4.14. The minimum atomic E-state index is 0.185. The lowest BCUT2D eigenvalue weighted by Crippen LogP contribution is -2.11. The number of nitrogens with zero attached hydrogens (tertiary/aromatic N) is 4. The van der Waals surface area contributed by atoms with E-state index in [1.807, 2.05) is 13.0 Å². The predicted molar refractivity (Wildman–Crippen MR) is 90.6 cm³/mol. The van der Waals surface area contributed by atoms with Gasteiger partial charge in [0.25, 0.3) is 5.78 Å². The molecule has 1 unspecified atom stereocenters. The highest BCUT2D eigenvalue weighted by Crippen LogP contribution is 2.47. The van der Waals surface area contributed by atoms with Crippen LogP contribution in [0.25, 0.3) is 5.78 Å². The number of benzene rings is 1. The molecular formula is C18H21N5. The Morgan fingerprint density at radius 1 is 1.22 bits per heavy atom. The van der Waals surface area contributed by atoms with Crippen LogP contribution in [0.3, 0.4) is 0 Å². The molecule has 2 aromatic heterocycles. The van der Waals surface area contributed by atoms with E-state index in [0.717, 1.165) is 11.5 Å². The van der Waals surface area contributed by atoms with Crippen molar-refractivity contribution < 1.29 is 0 Å². The first-order chi connectivity index (χ1) is 11.0. The maximum atomic E-state index is 4.37. The maximum Gasteiger partial charge on any atom is 0.254 e. The summed E-state index contributed by atoms with van der Waals surface area (Å²) in [5.41, 5.74) is 4.06. The molecule has 5 heteroatoms. The Kier molecular flexibility index (Phi) is 3.11. The predicted octanol–water partition coefficient (Wildman–Crippen LogP) is 3.66. The summed E-state index contributed by atoms with van der Waals surface area (Å²) in [5.74, 6) is 1.53. The molecule has 0 aliphatic heterocycles. The third-order valence-corrected chi connectivity index (χ3v) is 4.85. The van der Waals surface area contributed by atoms with E-state index in [4.69, 9.17) is 0 Å². The number of nitrogens with one attached hydrogen (secondary N) is 1. The van der Waals surface area contributed by atoms with Gasteiger partial charge in [-0.05, 0) is 43.2 Å². The first-order valence-electron chi connectivity index (χ1n) is 8.09. The van der Waals surface area contributed by atoms with Gasteiger partial charge in [-0.25, -0.2) is 4.98 Å². The molecule has 118 valence electrons. The van der Waals surface area contributed by atoms with Crippen LogP contribution in [0, 0.1) is 6.92 Å². The molecule has 0 bridgehead atoms. The third kappa shape index (κ3) is 2.56. The number of anilines is 1. The number of rotatable bonds is 4. The van der Waals surface area contributed by atoms with E-state index in [0.29, 0.717) is 11.2 Å². The summed E-state index contributed by atoms with van der Waals surface area (Å²) in [6, 6.07) is 11.2. The zero-order chi connectivity index (χ0) is 16.0. The van der Waals surface area contributed by atoms with Crippen molar-refractivity contribution in [3.8, 4) is 0 Å². The molecule has 1 N–H and O–H groups in total. The SMILES string of the molecule is Cc1cc(NC(C)c2ccc(C3(C)CC3)cc2)n2ncnc2n1. The monoisotopic (exact) mass is 307 g/mol. The molecule has 1 atom stereocenters. The smallest absolute Gasteiger partial charge is 0.254 e. The molecule has 0 radical (unpaired) electrons. The van der Waals surface area contributed by atoms with Crippen LogP contribution >= 0.6 is 0 Å². The number of hydrogen-bond acceptors (Lipinski definition) is 4. The Balaban J connectivity index is 1.59. The molecule has 1 aliphatic rings. The fourth-order valence-electron chi connectivity index (χ4n) is 2.99. The zero-order valence-corrected chi connectivity index (χ0v) is 13.7. The lowest BCUT2D eigenvalue weighted by Gasteiger charge is -2.18. The van der Waals surface area contributed by atoms with Crippen molar-refractivity contribution in [1.29, 1.82) is 0 Å². The van der Waals surface area contributed by atoms with Gasteiger partial charge in [-0.3, -0.25) is 0 Å². The first kappa shape index (κ1) is 14.2. The summed E-state index contributed by atoms with van der Waals surface area (Å²) < 4.78 is 1.74. The highest BCUT2D eigenvalue weighted by molar-refractivity contribution is 5.46. The maximum absolute atomic E-state index is 4.37. The van der Waals surface area contributed by atoms with Gasteiger partial charge in [0.15, 0.2) is 0 Å². The average Bonchev–Trinajstić information content (AvgIpc) is 3.11. The third-order valence-electron chi connectivity index (χ3n) is 4.85. The van der Waals surface area contributed by atoms with Crippen molar-refractivity contribution in [2.45, 2.75) is 45.1 Å². The molecule has 5 nitrogen and oxygen atoms in total. The van der Waals surface area contributed by atoms with Gasteiger partial charge in [-0.2, -0.15) is 14.6 Å². The van der Waals surface area contributed by atoms with Crippen LogP contribution in [0.2, 0.25) is 0 Å². The van der Waals surface area contributed by atoms with Crippen molar-refractivity contribution in [2.75, 3.05) is 5.32 Å². The van der Waals surface area contributed by atoms with E-state index in [1.165, 1.54) is 30.3 Å². The molecule has 23 heavy (non-hydrogen) atoms. The van der Waals surface area contributed by atoms with Crippen LogP contribution in [0.1, 0.15) is 49.6 Å². The summed E-state index contributed by atoms with van der Waals surface area (Å²) in [4.78, 5) is 8.54. The Morgan fingerprint density at radius 2 is 1.96 bits per heavy atom. The molecule has 0 amide bonds. The van der Waals surface area contributed by atoms with Crippen molar-refractivity contribution in [3.63, 3.8) is 0 Å². The quantitative estimate of drug-likeness (QED) is 0.799. The summed E-state index contributed by atoms with van der Waals surface area (Å²) >= 11 is 0. The van der Waals surface area contributed by atoms with Crippen LogP contribution in [-0.4, -0.2) is 19.6 Å². The second kappa shape index (κ2) is 5.05. The zero-order valence-electron chi connectivity index (χ0n) is 13.7. The van der Waals surface area contributed by atoms with E-state index >= 15 is 0 Å². The van der Waals surface area contributed by atoms with Crippen LogP contribution in [0.4, 0.5) is 5.82 Å². The van der Waals surface area contributed by atoms with Crippen molar-refractivity contribution in [3.05, 3.63) is 53.5 Å². The van der Waals surface area contributed by atoms with Gasteiger partial charge < -0.3 is 5.32 Å². The van der Waals surface area contributed by atoms with Gasteiger partial charge in [-0.1, -0.05) is 31.2 Å². The highest BCUT2D eigenvalue weighted by atomic mass is 15.4. The van der Waals surface area contributed by atoms with Crippen LogP contribution in [0.5, 0.6) is 0 Å². The Bertz CT molecular complexity index is 845. The molecule has 1 aromatic carbocycles. The fraction of sp³-hybridized carbons (Fsp3) is 0.389. The summed E-state index contributed by atoms with van der Waals surface area (Å²) in [7, 11) is 0. The van der Waals surface area contributed by atoms with Crippen LogP contribution in [-0.2, 0) is 5.41 Å². The Morgan fingerprint density at radius 3 is 2.65 bits per heavy atom. The van der Waals surface area contributed by atoms with E-state index in [-0.39, 0.29) is 6.04 Å². The largest absolute Gasteiger partial charge is 0.363 e. The fourth-order valence-corrected chi connectivity index (χ4v) is 2.99. The molecule has 1 fully saturated rings. The summed E-state index contributed by atoms with van der Waals surface area (Å²) in [6.45, 7) is 6.47. The van der Waals surface area contributed by atoms with E-state index in [2.05, 4.69) is 58.5 Å². The van der Waals surface area contributed by atoms with Gasteiger partial charge in [-0.15, -0.1) is 0 Å². The first-order valence-corrected chi connectivity index (χ1v) is 8.09. The van der Waals surface area contributed by atoms with Crippen molar-refractivity contribution >= 4 is 11.6 Å². The molecule has 0 spiro atoms. The standard InChI is InChI=1S/C18H21N5/c1-12-10-16(23-17(21-12)19-11-20-23)22-13(2)14-4-6-15(7-5-14)18(3)8-9-18/h4-7,10-11,13,22H,8-9H2,1-3H3. The Hall–Kier alpha value is -2.43. The van der Waals surface area contributed by atoms with Crippen molar-refractivity contribution in [2.24, 2.45) is 0 Å². The van der Waals surface area contributed by atoms with Gasteiger partial charge >= 0.3 is 0 Å². The van der Waals surface area contributed by atoms with E-state index in [9.17, 15) is 0 Å². The second-order valence-corrected chi connectivity index (χ2v) is 6.80. The molecule has 1 saturated carbocycles. The van der Waals surface area contributed by atoms with E-state index < -0.39 is 0 Å². The van der Waals surface area contributed by atoms with Gasteiger partial charge in [0.2, 0.25) is 0 Å². The summed E-state index contributed by atoms with van der Waals surface area (Å²) in [5, 5.41) is 7.76. The number of aryl methyl sites for hydroxylation is 1. The lowest BCUT2D eigenvalue weighted by atomic mass is 9.96. The minimum absolute atomic E-state index is 0.185. The molecular weight excluding hydrogens is 286 g/mol. The molecule has 1 aliphatic carbocycles. The van der Waals surface area contributed by atoms with Gasteiger partial charge in [0.1, 0.15) is 12.1 Å². The molecule has 4 rings (SSSR count). The highest BCUT2D eigenvalue weighted by Gasteiger charge is 2.38. The minimum Gasteiger partial charge on any atom is -0.363 e. The van der Waals surface area contributed by atoms with Crippen LogP contribution < -0.4 is 5.32 Å².